The predicted molar refractivity (Wildman–Crippen MR) is 120 cm³/mol. The lowest BCUT2D eigenvalue weighted by Gasteiger charge is -2.37. The number of methoxy groups -OCH3 is 1. The summed E-state index contributed by atoms with van der Waals surface area (Å²) < 4.78 is 5.49. The molecule has 3 atom stereocenters. The summed E-state index contributed by atoms with van der Waals surface area (Å²) in [4.78, 5) is 18.3. The largest absolute Gasteiger partial charge is 0.375 e. The Bertz CT molecular complexity index is 727. The monoisotopic (exact) mass is 415 g/mol. The second-order valence-corrected chi connectivity index (χ2v) is 8.62. The van der Waals surface area contributed by atoms with E-state index in [1.807, 2.05) is 37.5 Å². The number of nitrogens with zero attached hydrogens (tertiary/aromatic N) is 3. The Labute approximate surface area is 181 Å². The van der Waals surface area contributed by atoms with E-state index in [2.05, 4.69) is 35.5 Å². The third kappa shape index (κ3) is 5.42. The lowest BCUT2D eigenvalue weighted by atomic mass is 9.77. The molecule has 2 aliphatic heterocycles. The first kappa shape index (κ1) is 22.8. The molecule has 1 saturated carbocycles. The van der Waals surface area contributed by atoms with E-state index < -0.39 is 0 Å². The molecule has 0 aromatic rings. The summed E-state index contributed by atoms with van der Waals surface area (Å²) >= 11 is 0. The number of rotatable bonds is 7. The first-order valence-corrected chi connectivity index (χ1v) is 11.2. The number of allylic oxidation sites excluding steroid dienone is 4. The van der Waals surface area contributed by atoms with Gasteiger partial charge in [0.05, 0.1) is 24.7 Å². The average molecular weight is 416 g/mol. The molecule has 2 heterocycles. The highest BCUT2D eigenvalue weighted by Crippen LogP contribution is 2.41. The van der Waals surface area contributed by atoms with Gasteiger partial charge in [0.1, 0.15) is 5.60 Å². The summed E-state index contributed by atoms with van der Waals surface area (Å²) in [6.45, 7) is 12.1. The molecule has 0 N–H and O–H groups in total. The quantitative estimate of drug-likeness (QED) is 0.540. The molecule has 1 spiro atoms. The topological polar surface area (TPSA) is 46.5 Å². The van der Waals surface area contributed by atoms with E-state index in [1.54, 1.807) is 7.11 Å². The minimum atomic E-state index is -0.269. The molecule has 3 aliphatic rings. The predicted octanol–water partition coefficient (Wildman–Crippen LogP) is 5.13. The minimum Gasteiger partial charge on any atom is -0.375 e. The summed E-state index contributed by atoms with van der Waals surface area (Å²) in [6.07, 6.45) is 16.5. The first-order valence-electron chi connectivity index (χ1n) is 11.2. The van der Waals surface area contributed by atoms with Gasteiger partial charge in [-0.25, -0.2) is 14.9 Å². The van der Waals surface area contributed by atoms with Crippen molar-refractivity contribution in [2.75, 3.05) is 20.2 Å². The Hall–Kier alpha value is -1.89. The fourth-order valence-corrected chi connectivity index (χ4v) is 4.66. The fourth-order valence-electron chi connectivity index (χ4n) is 4.66. The number of hydrogen-bond acceptors (Lipinski definition) is 6. The van der Waals surface area contributed by atoms with E-state index >= 15 is 0 Å². The summed E-state index contributed by atoms with van der Waals surface area (Å²) in [5, 5.41) is 1.86. The second kappa shape index (κ2) is 10.4. The van der Waals surface area contributed by atoms with Gasteiger partial charge in [-0.15, -0.1) is 4.99 Å². The zero-order chi connectivity index (χ0) is 21.6. The molecule has 6 heteroatoms. The Morgan fingerprint density at radius 1 is 1.50 bits per heavy atom. The maximum Gasteiger partial charge on any atom is 0.126 e. The Balaban J connectivity index is 1.65. The molecule has 3 rings (SSSR count). The van der Waals surface area contributed by atoms with Gasteiger partial charge in [0, 0.05) is 25.6 Å². The maximum atomic E-state index is 5.94. The van der Waals surface area contributed by atoms with E-state index in [0.29, 0.717) is 5.92 Å². The number of ether oxygens (including phenoxy) is 1. The fraction of sp³-hybridized carbons (Fsp3) is 0.625. The Kier molecular flexibility index (Phi) is 7.92. The van der Waals surface area contributed by atoms with Crippen LogP contribution in [0.1, 0.15) is 59.3 Å². The van der Waals surface area contributed by atoms with Gasteiger partial charge >= 0.3 is 0 Å². The van der Waals surface area contributed by atoms with Crippen molar-refractivity contribution in [1.82, 2.24) is 9.96 Å². The van der Waals surface area contributed by atoms with Crippen molar-refractivity contribution in [3.63, 3.8) is 0 Å². The molecule has 0 radical (unpaired) electrons. The molecular formula is C24H37N3O3. The van der Waals surface area contributed by atoms with Crippen molar-refractivity contribution < 1.29 is 14.6 Å². The van der Waals surface area contributed by atoms with Crippen LogP contribution in [0.3, 0.4) is 0 Å². The van der Waals surface area contributed by atoms with Crippen molar-refractivity contribution in [3.8, 4) is 0 Å². The molecule has 1 saturated heterocycles. The van der Waals surface area contributed by atoms with Crippen LogP contribution >= 0.6 is 0 Å². The van der Waals surface area contributed by atoms with Gasteiger partial charge in [-0.2, -0.15) is 0 Å². The second-order valence-electron chi connectivity index (χ2n) is 8.62. The zero-order valence-corrected chi connectivity index (χ0v) is 19.0. The van der Waals surface area contributed by atoms with Crippen LogP contribution < -0.4 is 0 Å². The number of aliphatic imine (C=N–C) groups is 1. The van der Waals surface area contributed by atoms with E-state index in [1.165, 1.54) is 12.0 Å². The highest BCUT2D eigenvalue weighted by Gasteiger charge is 2.46. The highest BCUT2D eigenvalue weighted by atomic mass is 17.3. The lowest BCUT2D eigenvalue weighted by molar-refractivity contribution is -0.395. The molecule has 30 heavy (non-hydrogen) atoms. The van der Waals surface area contributed by atoms with Crippen LogP contribution in [0.4, 0.5) is 0 Å². The smallest absolute Gasteiger partial charge is 0.126 e. The molecule has 166 valence electrons. The normalized spacial score (nSPS) is 31.5. The molecule has 0 aromatic carbocycles. The van der Waals surface area contributed by atoms with Crippen molar-refractivity contribution >= 4 is 6.34 Å². The van der Waals surface area contributed by atoms with Gasteiger partial charge in [0.25, 0.3) is 0 Å². The van der Waals surface area contributed by atoms with E-state index in [9.17, 15) is 0 Å². The van der Waals surface area contributed by atoms with Crippen LogP contribution in [0.2, 0.25) is 0 Å². The van der Waals surface area contributed by atoms with Crippen LogP contribution in [-0.2, 0) is 14.6 Å². The van der Waals surface area contributed by atoms with Crippen LogP contribution in [0.25, 0.3) is 0 Å². The summed E-state index contributed by atoms with van der Waals surface area (Å²) in [5.41, 5.74) is 3.01. The molecular weight excluding hydrogens is 378 g/mol. The molecule has 3 unspecified atom stereocenters. The van der Waals surface area contributed by atoms with E-state index in [4.69, 9.17) is 14.6 Å². The maximum absolute atomic E-state index is 5.94. The van der Waals surface area contributed by atoms with Gasteiger partial charge in [-0.05, 0) is 63.2 Å². The minimum absolute atomic E-state index is 0.0362. The van der Waals surface area contributed by atoms with Crippen molar-refractivity contribution in [3.05, 3.63) is 48.0 Å². The molecule has 0 aromatic heterocycles. The Morgan fingerprint density at radius 2 is 2.33 bits per heavy atom. The van der Waals surface area contributed by atoms with Gasteiger partial charge in [-0.1, -0.05) is 32.4 Å². The molecule has 0 bridgehead atoms. The van der Waals surface area contributed by atoms with Crippen molar-refractivity contribution in [1.29, 1.82) is 0 Å². The molecule has 1 aliphatic carbocycles. The van der Waals surface area contributed by atoms with Crippen molar-refractivity contribution in [2.45, 2.75) is 71.0 Å². The van der Waals surface area contributed by atoms with Crippen LogP contribution in [0.5, 0.6) is 0 Å². The van der Waals surface area contributed by atoms with E-state index in [-0.39, 0.29) is 11.7 Å². The lowest BCUT2D eigenvalue weighted by Crippen LogP contribution is -2.42. The van der Waals surface area contributed by atoms with Gasteiger partial charge in [0.15, 0.2) is 0 Å². The third-order valence-corrected chi connectivity index (χ3v) is 6.29. The molecule has 2 fully saturated rings. The highest BCUT2D eigenvalue weighted by molar-refractivity contribution is 5.61. The Morgan fingerprint density at radius 3 is 3.07 bits per heavy atom. The standard InChI is InChI=1S/C24H37N3O3/c1-6-9-21-11-13-25-18-26(19(3)14-21)16-22-10-8-12-24(15-22)17-27(30-29-24)23(7-2)20(4)28-5/h7,11,13-14,18,20,22H,3,6,8-10,12,15-17H2,1-2,4-5H3/b13-11-,21-14-,23-7+,25-18?. The van der Waals surface area contributed by atoms with Gasteiger partial charge in [-0.3, -0.25) is 0 Å². The molecule has 6 nitrogen and oxygen atoms in total. The number of hydroxylamine groups is 2. The number of hydrogen-bond donors (Lipinski definition) is 0. The first-order chi connectivity index (χ1) is 14.5. The summed E-state index contributed by atoms with van der Waals surface area (Å²) in [5.74, 6) is 0.492. The summed E-state index contributed by atoms with van der Waals surface area (Å²) in [7, 11) is 1.71. The van der Waals surface area contributed by atoms with Crippen LogP contribution in [-0.4, -0.2) is 48.2 Å². The average Bonchev–Trinajstić information content (AvgIpc) is 3.12. The van der Waals surface area contributed by atoms with Crippen LogP contribution in [0, 0.1) is 5.92 Å². The van der Waals surface area contributed by atoms with Crippen LogP contribution in [0.15, 0.2) is 53.0 Å². The van der Waals surface area contributed by atoms with Crippen molar-refractivity contribution in [2.24, 2.45) is 10.9 Å². The summed E-state index contributed by atoms with van der Waals surface area (Å²) in [6, 6.07) is 0. The van der Waals surface area contributed by atoms with Gasteiger partial charge < -0.3 is 9.64 Å². The van der Waals surface area contributed by atoms with E-state index in [0.717, 1.165) is 56.6 Å². The third-order valence-electron chi connectivity index (χ3n) is 6.29. The zero-order valence-electron chi connectivity index (χ0n) is 19.0. The molecule has 0 amide bonds. The SMILES string of the molecule is C=C1/C=C(CCC)\C=C/N=CN1CC1CCCC2(C1)CN(/C(=C/C)C(C)OC)OO2. The van der Waals surface area contributed by atoms with Gasteiger partial charge in [0.2, 0.25) is 0 Å².